The first-order chi connectivity index (χ1) is 16.7. The van der Waals surface area contributed by atoms with E-state index in [1.165, 1.54) is 12.4 Å². The minimum absolute atomic E-state index is 0.0166. The smallest absolute Gasteiger partial charge is 0.365 e. The fourth-order valence-electron chi connectivity index (χ4n) is 4.36. The van der Waals surface area contributed by atoms with E-state index in [2.05, 4.69) is 15.3 Å². The van der Waals surface area contributed by atoms with E-state index in [4.69, 9.17) is 5.73 Å². The van der Waals surface area contributed by atoms with Crippen LogP contribution in [0.3, 0.4) is 0 Å². The standard InChI is InChI=1S/C24H28F5N5O2/c1-13-31-10-15(11-32-13)17(23(4-5-23)24(27,28)29)9-20(35)33-12-16(34(2)3)6-14-7-18(25)21(22(30)36)19(26)8-14/h7-8,10-11,16-17H,4-6,9,12H2,1-3H3,(H2,30,36)(H,33,35)/t16-,17+/m0/s1. The third-order valence-electron chi connectivity index (χ3n) is 6.70. The normalized spacial score (nSPS) is 16.5. The molecule has 3 N–H and O–H groups in total. The van der Waals surface area contributed by atoms with Gasteiger partial charge in [-0.05, 0) is 63.5 Å². The summed E-state index contributed by atoms with van der Waals surface area (Å²) in [6.45, 7) is 1.63. The Hall–Kier alpha value is -3.15. The summed E-state index contributed by atoms with van der Waals surface area (Å²) in [4.78, 5) is 33.7. The quantitative estimate of drug-likeness (QED) is 0.475. The number of carbonyl (C=O) groups excluding carboxylic acids is 2. The van der Waals surface area contributed by atoms with Gasteiger partial charge in [0, 0.05) is 37.3 Å². The molecule has 196 valence electrons. The van der Waals surface area contributed by atoms with E-state index < -0.39 is 59.0 Å². The molecule has 2 amide bonds. The number of nitrogens with one attached hydrogen (secondary N) is 1. The molecule has 0 spiro atoms. The van der Waals surface area contributed by atoms with Gasteiger partial charge in [-0.1, -0.05) is 0 Å². The zero-order valence-electron chi connectivity index (χ0n) is 20.1. The fraction of sp³-hybridized carbons (Fsp3) is 0.500. The highest BCUT2D eigenvalue weighted by atomic mass is 19.4. The number of likely N-dealkylation sites (N-methyl/N-ethyl adjacent to an activating group) is 1. The van der Waals surface area contributed by atoms with Crippen LogP contribution in [0.4, 0.5) is 22.0 Å². The van der Waals surface area contributed by atoms with Crippen molar-refractivity contribution in [3.63, 3.8) is 0 Å². The maximum Gasteiger partial charge on any atom is 0.395 e. The van der Waals surface area contributed by atoms with Gasteiger partial charge in [0.1, 0.15) is 23.0 Å². The second-order valence-corrected chi connectivity index (χ2v) is 9.40. The predicted molar refractivity (Wildman–Crippen MR) is 121 cm³/mol. The SMILES string of the molecule is Cc1ncc([C@@H](CC(=O)NC[C@H](Cc2cc(F)c(C(N)=O)c(F)c2)N(C)C)C2(C(F)(F)F)CC2)cn1. The summed E-state index contributed by atoms with van der Waals surface area (Å²) in [6, 6.07) is 1.55. The number of aromatic nitrogens is 2. The Kier molecular flexibility index (Phi) is 7.97. The van der Waals surface area contributed by atoms with Gasteiger partial charge < -0.3 is 16.0 Å². The van der Waals surface area contributed by atoms with Crippen LogP contribution in [0.1, 0.15) is 52.5 Å². The van der Waals surface area contributed by atoms with Crippen molar-refractivity contribution < 1.29 is 31.5 Å². The lowest BCUT2D eigenvalue weighted by molar-refractivity contribution is -0.194. The van der Waals surface area contributed by atoms with Gasteiger partial charge in [0.25, 0.3) is 5.91 Å². The van der Waals surface area contributed by atoms with Crippen LogP contribution in [0.25, 0.3) is 0 Å². The molecular weight excluding hydrogens is 485 g/mol. The Morgan fingerprint density at radius 3 is 2.14 bits per heavy atom. The molecule has 0 radical (unpaired) electrons. The minimum Gasteiger partial charge on any atom is -0.365 e. The molecular formula is C24H28F5N5O2. The molecule has 0 aliphatic heterocycles. The monoisotopic (exact) mass is 513 g/mol. The molecule has 1 aliphatic rings. The molecule has 12 heteroatoms. The largest absolute Gasteiger partial charge is 0.395 e. The van der Waals surface area contributed by atoms with Crippen LogP contribution in [0, 0.1) is 24.0 Å². The first kappa shape index (κ1) is 27.4. The Labute approximate surface area is 205 Å². The third-order valence-corrected chi connectivity index (χ3v) is 6.70. The molecule has 36 heavy (non-hydrogen) atoms. The lowest BCUT2D eigenvalue weighted by Gasteiger charge is -2.29. The number of alkyl halides is 3. The predicted octanol–water partition coefficient (Wildman–Crippen LogP) is 3.27. The van der Waals surface area contributed by atoms with Crippen LogP contribution in [0.2, 0.25) is 0 Å². The molecule has 1 aliphatic carbocycles. The molecule has 0 saturated heterocycles. The van der Waals surface area contributed by atoms with Gasteiger partial charge in [-0.25, -0.2) is 18.7 Å². The van der Waals surface area contributed by atoms with Crippen molar-refractivity contribution >= 4 is 11.8 Å². The number of amides is 2. The zero-order valence-corrected chi connectivity index (χ0v) is 20.1. The molecule has 1 heterocycles. The summed E-state index contributed by atoms with van der Waals surface area (Å²) >= 11 is 0. The molecule has 7 nitrogen and oxygen atoms in total. The number of aryl methyl sites for hydroxylation is 1. The first-order valence-corrected chi connectivity index (χ1v) is 11.3. The Morgan fingerprint density at radius 1 is 1.14 bits per heavy atom. The highest BCUT2D eigenvalue weighted by molar-refractivity contribution is 5.93. The summed E-state index contributed by atoms with van der Waals surface area (Å²) in [5.74, 6) is -4.74. The van der Waals surface area contributed by atoms with E-state index >= 15 is 0 Å². The van der Waals surface area contributed by atoms with Gasteiger partial charge in [0.05, 0.1) is 5.41 Å². The van der Waals surface area contributed by atoms with E-state index in [0.29, 0.717) is 5.82 Å². The van der Waals surface area contributed by atoms with E-state index in [-0.39, 0.29) is 36.9 Å². The average molecular weight is 514 g/mol. The maximum absolute atomic E-state index is 14.1. The Morgan fingerprint density at radius 2 is 1.69 bits per heavy atom. The minimum atomic E-state index is -4.49. The zero-order chi connectivity index (χ0) is 26.8. The number of halogens is 5. The van der Waals surface area contributed by atoms with E-state index in [1.807, 2.05) is 0 Å². The highest BCUT2D eigenvalue weighted by Crippen LogP contribution is 2.66. The maximum atomic E-state index is 14.1. The number of benzene rings is 1. The van der Waals surface area contributed by atoms with Gasteiger partial charge >= 0.3 is 6.18 Å². The number of rotatable bonds is 10. The van der Waals surface area contributed by atoms with Crippen molar-refractivity contribution in [3.05, 3.63) is 58.7 Å². The Balaban J connectivity index is 1.72. The number of hydrogen-bond donors (Lipinski definition) is 2. The topological polar surface area (TPSA) is 101 Å². The van der Waals surface area contributed by atoms with Crippen LogP contribution in [-0.2, 0) is 11.2 Å². The summed E-state index contributed by atoms with van der Waals surface area (Å²) in [5.41, 5.74) is 2.63. The van der Waals surface area contributed by atoms with E-state index in [0.717, 1.165) is 12.1 Å². The molecule has 1 aromatic heterocycles. The van der Waals surface area contributed by atoms with Crippen molar-refractivity contribution in [2.75, 3.05) is 20.6 Å². The number of primary amides is 1. The van der Waals surface area contributed by atoms with Crippen molar-refractivity contribution in [1.82, 2.24) is 20.2 Å². The van der Waals surface area contributed by atoms with Crippen LogP contribution < -0.4 is 11.1 Å². The average Bonchev–Trinajstić information content (AvgIpc) is 3.57. The van der Waals surface area contributed by atoms with E-state index in [9.17, 15) is 31.5 Å². The van der Waals surface area contributed by atoms with Crippen LogP contribution in [0.15, 0.2) is 24.5 Å². The lowest BCUT2D eigenvalue weighted by atomic mass is 9.81. The van der Waals surface area contributed by atoms with Crippen LogP contribution in [0.5, 0.6) is 0 Å². The molecule has 3 rings (SSSR count). The lowest BCUT2D eigenvalue weighted by Crippen LogP contribution is -2.43. The molecule has 2 aromatic rings. The van der Waals surface area contributed by atoms with Crippen molar-refractivity contribution in [1.29, 1.82) is 0 Å². The second kappa shape index (κ2) is 10.5. The van der Waals surface area contributed by atoms with Gasteiger partial charge in [-0.15, -0.1) is 0 Å². The van der Waals surface area contributed by atoms with Crippen molar-refractivity contribution in [2.45, 2.75) is 50.7 Å². The number of carbonyl (C=O) groups is 2. The summed E-state index contributed by atoms with van der Waals surface area (Å²) in [6.07, 6.45) is -2.31. The first-order valence-electron chi connectivity index (χ1n) is 11.3. The van der Waals surface area contributed by atoms with Crippen LogP contribution in [-0.4, -0.2) is 59.5 Å². The third kappa shape index (κ3) is 5.97. The van der Waals surface area contributed by atoms with Gasteiger partial charge in [-0.2, -0.15) is 13.2 Å². The van der Waals surface area contributed by atoms with Gasteiger partial charge in [-0.3, -0.25) is 9.59 Å². The number of nitrogens with zero attached hydrogens (tertiary/aromatic N) is 3. The van der Waals surface area contributed by atoms with Gasteiger partial charge in [0.15, 0.2) is 0 Å². The van der Waals surface area contributed by atoms with Gasteiger partial charge in [0.2, 0.25) is 5.91 Å². The summed E-state index contributed by atoms with van der Waals surface area (Å²) < 4.78 is 70.0. The summed E-state index contributed by atoms with van der Waals surface area (Å²) in [5, 5.41) is 2.66. The molecule has 0 bridgehead atoms. The second-order valence-electron chi connectivity index (χ2n) is 9.40. The van der Waals surface area contributed by atoms with Crippen LogP contribution >= 0.6 is 0 Å². The number of nitrogens with two attached hydrogens (primary N) is 1. The molecule has 0 unspecified atom stereocenters. The highest BCUT2D eigenvalue weighted by Gasteiger charge is 2.67. The fourth-order valence-corrected chi connectivity index (χ4v) is 4.36. The molecule has 1 aromatic carbocycles. The van der Waals surface area contributed by atoms with E-state index in [1.54, 1.807) is 25.9 Å². The molecule has 1 saturated carbocycles. The summed E-state index contributed by atoms with van der Waals surface area (Å²) in [7, 11) is 3.38. The number of hydrogen-bond acceptors (Lipinski definition) is 5. The Bertz CT molecular complexity index is 1090. The van der Waals surface area contributed by atoms with Crippen molar-refractivity contribution in [2.24, 2.45) is 11.1 Å². The molecule has 1 fully saturated rings. The van der Waals surface area contributed by atoms with Crippen molar-refractivity contribution in [3.8, 4) is 0 Å². The molecule has 2 atom stereocenters.